The Morgan fingerprint density at radius 1 is 1.18 bits per heavy atom. The molecule has 0 radical (unpaired) electrons. The minimum atomic E-state index is -0.631. The lowest BCUT2D eigenvalue weighted by Crippen LogP contribution is -2.34. The lowest BCUT2D eigenvalue weighted by atomic mass is 10.2. The summed E-state index contributed by atoms with van der Waals surface area (Å²) in [6, 6.07) is 13.0. The molecule has 0 atom stereocenters. The molecule has 1 aliphatic rings. The summed E-state index contributed by atoms with van der Waals surface area (Å²) in [6.07, 6.45) is 1.56. The number of rotatable bonds is 9. The van der Waals surface area contributed by atoms with E-state index in [4.69, 9.17) is 9.47 Å². The predicted molar refractivity (Wildman–Crippen MR) is 122 cm³/mol. The van der Waals surface area contributed by atoms with E-state index >= 15 is 0 Å². The van der Waals surface area contributed by atoms with Crippen molar-refractivity contribution in [1.82, 2.24) is 4.90 Å². The topological polar surface area (TPSA) is 116 Å². The maximum absolute atomic E-state index is 12.6. The average molecular weight is 471 g/mol. The van der Waals surface area contributed by atoms with Crippen LogP contribution < -0.4 is 4.74 Å². The van der Waals surface area contributed by atoms with Gasteiger partial charge in [-0.3, -0.25) is 29.4 Å². The van der Waals surface area contributed by atoms with E-state index < -0.39 is 28.6 Å². The Hall–Kier alpha value is -3.66. The maximum atomic E-state index is 12.6. The molecule has 0 aliphatic carbocycles. The molecule has 1 saturated heterocycles. The Balaban J connectivity index is 1.63. The third-order valence-corrected chi connectivity index (χ3v) is 5.35. The summed E-state index contributed by atoms with van der Waals surface area (Å²) in [6.45, 7) is 3.78. The summed E-state index contributed by atoms with van der Waals surface area (Å²) in [5.74, 6) is -0.505. The van der Waals surface area contributed by atoms with Crippen LogP contribution in [-0.2, 0) is 20.9 Å². The van der Waals surface area contributed by atoms with Gasteiger partial charge >= 0.3 is 5.97 Å². The van der Waals surface area contributed by atoms with Crippen molar-refractivity contribution in [2.45, 2.75) is 20.5 Å². The van der Waals surface area contributed by atoms with Gasteiger partial charge in [0.1, 0.15) is 18.9 Å². The summed E-state index contributed by atoms with van der Waals surface area (Å²) < 4.78 is 10.8. The monoisotopic (exact) mass is 470 g/mol. The fourth-order valence-corrected chi connectivity index (χ4v) is 3.63. The molecular formula is C23H22N2O7S. The van der Waals surface area contributed by atoms with Crippen LogP contribution in [0.5, 0.6) is 5.75 Å². The summed E-state index contributed by atoms with van der Waals surface area (Å²) in [7, 11) is 0. The van der Waals surface area contributed by atoms with Crippen LogP contribution in [0.25, 0.3) is 6.08 Å². The van der Waals surface area contributed by atoms with E-state index in [0.29, 0.717) is 11.3 Å². The van der Waals surface area contributed by atoms with E-state index in [-0.39, 0.29) is 29.7 Å². The van der Waals surface area contributed by atoms with Gasteiger partial charge in [0, 0.05) is 12.1 Å². The molecule has 0 unspecified atom stereocenters. The molecule has 1 fully saturated rings. The number of carbonyl (C=O) groups excluding carboxylic acids is 3. The lowest BCUT2D eigenvalue weighted by molar-refractivity contribution is -0.384. The first-order valence-corrected chi connectivity index (χ1v) is 10.9. The molecule has 2 aromatic rings. The number of carbonyl (C=O) groups is 3. The minimum absolute atomic E-state index is 0.00267. The Morgan fingerprint density at radius 2 is 1.91 bits per heavy atom. The van der Waals surface area contributed by atoms with Crippen molar-refractivity contribution in [2.75, 3.05) is 13.2 Å². The number of hydrogen-bond donors (Lipinski definition) is 0. The Labute approximate surface area is 194 Å². The molecule has 10 heteroatoms. The van der Waals surface area contributed by atoms with Crippen LogP contribution in [-0.4, -0.2) is 40.1 Å². The molecule has 2 amide bonds. The number of ether oxygens (including phenoxy) is 2. The van der Waals surface area contributed by atoms with Crippen LogP contribution in [0.4, 0.5) is 10.5 Å². The van der Waals surface area contributed by atoms with Crippen molar-refractivity contribution in [1.29, 1.82) is 0 Å². The van der Waals surface area contributed by atoms with Gasteiger partial charge in [0.25, 0.3) is 16.8 Å². The van der Waals surface area contributed by atoms with Crippen LogP contribution in [0.1, 0.15) is 25.0 Å². The highest BCUT2D eigenvalue weighted by Gasteiger charge is 2.36. The molecule has 2 aromatic carbocycles. The number of non-ortho nitro benzene ring substituents is 1. The van der Waals surface area contributed by atoms with Gasteiger partial charge in [0.05, 0.1) is 16.4 Å². The predicted octanol–water partition coefficient (Wildman–Crippen LogP) is 4.41. The van der Waals surface area contributed by atoms with E-state index in [1.165, 1.54) is 12.1 Å². The number of imide groups is 1. The molecule has 0 N–H and O–H groups in total. The highest BCUT2D eigenvalue weighted by atomic mass is 32.2. The second-order valence-electron chi connectivity index (χ2n) is 7.63. The molecule has 0 saturated carbocycles. The first kappa shape index (κ1) is 24.0. The molecule has 1 aliphatic heterocycles. The van der Waals surface area contributed by atoms with Gasteiger partial charge in [-0.05, 0) is 59.1 Å². The van der Waals surface area contributed by atoms with Gasteiger partial charge in [-0.1, -0.05) is 26.0 Å². The van der Waals surface area contributed by atoms with Crippen molar-refractivity contribution in [2.24, 2.45) is 5.92 Å². The standard InChI is InChI=1S/C23H22N2O7S/c1-15(2)13-32-21(26)12-24-22(27)20(33-23(24)28)11-17-4-3-5-19(10-17)31-14-16-6-8-18(9-7-16)25(29)30/h3-11,15H,12-14H2,1-2H3/b20-11+. The molecule has 3 rings (SSSR count). The first-order chi connectivity index (χ1) is 15.7. The SMILES string of the molecule is CC(C)COC(=O)CN1C(=O)S/C(=C/c2cccc(OCc3ccc([N+](=O)[O-])cc3)c2)C1=O. The zero-order valence-electron chi connectivity index (χ0n) is 18.1. The number of thioether (sulfide) groups is 1. The molecule has 172 valence electrons. The number of esters is 1. The van der Waals surface area contributed by atoms with Crippen LogP contribution in [0.3, 0.4) is 0 Å². The molecule has 0 aromatic heterocycles. The Morgan fingerprint density at radius 3 is 2.58 bits per heavy atom. The zero-order chi connectivity index (χ0) is 24.0. The molecule has 0 bridgehead atoms. The molecule has 9 nitrogen and oxygen atoms in total. The summed E-state index contributed by atoms with van der Waals surface area (Å²) >= 11 is 0.758. The van der Waals surface area contributed by atoms with Gasteiger partial charge < -0.3 is 9.47 Å². The van der Waals surface area contributed by atoms with Gasteiger partial charge in [-0.25, -0.2) is 0 Å². The Kier molecular flexibility index (Phi) is 7.83. The number of nitrogens with zero attached hydrogens (tertiary/aromatic N) is 2. The number of nitro groups is 1. The van der Waals surface area contributed by atoms with E-state index in [9.17, 15) is 24.5 Å². The van der Waals surface area contributed by atoms with Gasteiger partial charge in [-0.2, -0.15) is 0 Å². The van der Waals surface area contributed by atoms with E-state index in [0.717, 1.165) is 22.2 Å². The van der Waals surface area contributed by atoms with E-state index in [2.05, 4.69) is 0 Å². The molecule has 0 spiro atoms. The summed E-state index contributed by atoms with van der Waals surface area (Å²) in [5.41, 5.74) is 1.41. The van der Waals surface area contributed by atoms with Crippen molar-refractivity contribution >= 4 is 40.6 Å². The fraction of sp³-hybridized carbons (Fsp3) is 0.261. The smallest absolute Gasteiger partial charge is 0.326 e. The molecule has 1 heterocycles. The number of hydrogen-bond acceptors (Lipinski definition) is 8. The van der Waals surface area contributed by atoms with E-state index in [1.54, 1.807) is 42.5 Å². The maximum Gasteiger partial charge on any atom is 0.326 e. The van der Waals surface area contributed by atoms with Crippen LogP contribution in [0.2, 0.25) is 0 Å². The van der Waals surface area contributed by atoms with E-state index in [1.807, 2.05) is 13.8 Å². The van der Waals surface area contributed by atoms with Crippen LogP contribution >= 0.6 is 11.8 Å². The van der Waals surface area contributed by atoms with Crippen molar-refractivity contribution in [3.05, 3.63) is 74.7 Å². The average Bonchev–Trinajstić information content (AvgIpc) is 3.04. The van der Waals surface area contributed by atoms with Crippen molar-refractivity contribution < 1.29 is 28.8 Å². The fourth-order valence-electron chi connectivity index (χ4n) is 2.80. The number of amides is 2. The van der Waals surface area contributed by atoms with Crippen molar-refractivity contribution in [3.8, 4) is 5.75 Å². The number of nitro benzene ring substituents is 1. The van der Waals surface area contributed by atoms with Crippen LogP contribution in [0.15, 0.2) is 53.4 Å². The highest BCUT2D eigenvalue weighted by Crippen LogP contribution is 2.32. The number of benzene rings is 2. The third-order valence-electron chi connectivity index (χ3n) is 4.45. The largest absolute Gasteiger partial charge is 0.489 e. The van der Waals surface area contributed by atoms with Gasteiger partial charge in [0.15, 0.2) is 0 Å². The normalized spacial score (nSPS) is 14.8. The first-order valence-electron chi connectivity index (χ1n) is 10.1. The summed E-state index contributed by atoms with van der Waals surface area (Å²) in [5, 5.41) is 10.2. The quantitative estimate of drug-likeness (QED) is 0.229. The van der Waals surface area contributed by atoms with Crippen LogP contribution in [0, 0.1) is 16.0 Å². The summed E-state index contributed by atoms with van der Waals surface area (Å²) in [4.78, 5) is 48.0. The lowest BCUT2D eigenvalue weighted by Gasteiger charge is -2.12. The van der Waals surface area contributed by atoms with Gasteiger partial charge in [-0.15, -0.1) is 0 Å². The van der Waals surface area contributed by atoms with Crippen molar-refractivity contribution in [3.63, 3.8) is 0 Å². The third kappa shape index (κ3) is 6.66. The molecular weight excluding hydrogens is 448 g/mol. The Bertz CT molecular complexity index is 1100. The molecule has 33 heavy (non-hydrogen) atoms. The second kappa shape index (κ2) is 10.8. The second-order valence-corrected chi connectivity index (χ2v) is 8.62. The minimum Gasteiger partial charge on any atom is -0.489 e. The zero-order valence-corrected chi connectivity index (χ0v) is 18.9. The van der Waals surface area contributed by atoms with Gasteiger partial charge in [0.2, 0.25) is 0 Å². The highest BCUT2D eigenvalue weighted by molar-refractivity contribution is 8.18.